The van der Waals surface area contributed by atoms with Gasteiger partial charge in [-0.25, -0.2) is 0 Å². The fourth-order valence-electron chi connectivity index (χ4n) is 1.93. The van der Waals surface area contributed by atoms with Crippen molar-refractivity contribution in [2.24, 2.45) is 5.73 Å². The summed E-state index contributed by atoms with van der Waals surface area (Å²) in [4.78, 5) is 2.51. The smallest absolute Gasteiger partial charge is 0.0130 e. The minimum Gasteiger partial charge on any atom is -0.330 e. The van der Waals surface area contributed by atoms with E-state index in [0.29, 0.717) is 0 Å². The summed E-state index contributed by atoms with van der Waals surface area (Å²) < 4.78 is 0. The molecule has 0 saturated carbocycles. The van der Waals surface area contributed by atoms with Gasteiger partial charge in [0, 0.05) is 17.6 Å². The zero-order chi connectivity index (χ0) is 10.7. The molecule has 0 bridgehead atoms. The second kappa shape index (κ2) is 4.43. The molecule has 13 heavy (non-hydrogen) atoms. The second-order valence-electron chi connectivity index (χ2n) is 5.64. The summed E-state index contributed by atoms with van der Waals surface area (Å²) in [6.07, 6.45) is 1.08. The highest BCUT2D eigenvalue weighted by Crippen LogP contribution is 2.24. The van der Waals surface area contributed by atoms with E-state index in [1.165, 1.54) is 0 Å². The maximum atomic E-state index is 5.54. The lowest BCUT2D eigenvalue weighted by Crippen LogP contribution is -2.53. The summed E-state index contributed by atoms with van der Waals surface area (Å²) >= 11 is 0. The first-order valence-electron chi connectivity index (χ1n) is 5.17. The molecule has 0 aliphatic carbocycles. The molecule has 0 spiro atoms. The van der Waals surface area contributed by atoms with E-state index in [0.717, 1.165) is 19.5 Å². The van der Waals surface area contributed by atoms with Crippen molar-refractivity contribution >= 4 is 0 Å². The van der Waals surface area contributed by atoms with Gasteiger partial charge >= 0.3 is 0 Å². The highest BCUT2D eigenvalue weighted by Gasteiger charge is 2.30. The van der Waals surface area contributed by atoms with Crippen LogP contribution in [0.4, 0.5) is 0 Å². The van der Waals surface area contributed by atoms with Crippen molar-refractivity contribution in [3.8, 4) is 0 Å². The van der Waals surface area contributed by atoms with Crippen LogP contribution in [-0.4, -0.2) is 29.1 Å². The number of nitrogens with two attached hydrogens (primary N) is 1. The fourth-order valence-corrected chi connectivity index (χ4v) is 1.93. The summed E-state index contributed by atoms with van der Waals surface area (Å²) in [7, 11) is 0. The number of hydrogen-bond acceptors (Lipinski definition) is 2. The van der Waals surface area contributed by atoms with Gasteiger partial charge in [0.05, 0.1) is 0 Å². The van der Waals surface area contributed by atoms with E-state index < -0.39 is 0 Å². The van der Waals surface area contributed by atoms with Gasteiger partial charge in [-0.15, -0.1) is 0 Å². The van der Waals surface area contributed by atoms with E-state index in [1.54, 1.807) is 0 Å². The quantitative estimate of drug-likeness (QED) is 0.732. The molecule has 0 radical (unpaired) electrons. The van der Waals surface area contributed by atoms with Crippen molar-refractivity contribution in [2.75, 3.05) is 13.1 Å². The Hall–Kier alpha value is -0.0800. The Labute approximate surface area is 83.5 Å². The third kappa shape index (κ3) is 4.63. The normalized spacial score (nSPS) is 13.8. The van der Waals surface area contributed by atoms with Gasteiger partial charge in [-0.2, -0.15) is 0 Å². The minimum atomic E-state index is 0.230. The first kappa shape index (κ1) is 12.9. The minimum absolute atomic E-state index is 0.230. The zero-order valence-corrected chi connectivity index (χ0v) is 10.1. The number of rotatable bonds is 3. The maximum Gasteiger partial charge on any atom is 0.0130 e. The third-order valence-corrected chi connectivity index (χ3v) is 2.21. The van der Waals surface area contributed by atoms with E-state index >= 15 is 0 Å². The Kier molecular flexibility index (Phi) is 4.40. The summed E-state index contributed by atoms with van der Waals surface area (Å²) in [5.74, 6) is 0. The van der Waals surface area contributed by atoms with Crippen LogP contribution < -0.4 is 5.73 Å². The van der Waals surface area contributed by atoms with E-state index in [9.17, 15) is 0 Å². The Bertz CT molecular complexity index is 125. The van der Waals surface area contributed by atoms with Crippen LogP contribution in [0, 0.1) is 0 Å². The first-order chi connectivity index (χ1) is 5.69. The average Bonchev–Trinajstić information content (AvgIpc) is 1.81. The molecule has 2 N–H and O–H groups in total. The predicted octanol–water partition coefficient (Wildman–Crippen LogP) is 2.23. The van der Waals surface area contributed by atoms with Gasteiger partial charge in [0.2, 0.25) is 0 Å². The van der Waals surface area contributed by atoms with Crippen LogP contribution in [0.3, 0.4) is 0 Å². The van der Waals surface area contributed by atoms with Gasteiger partial charge in [-0.05, 0) is 54.5 Å². The molecule has 0 aliphatic rings. The van der Waals surface area contributed by atoms with E-state index in [-0.39, 0.29) is 11.1 Å². The lowest BCUT2D eigenvalue weighted by atomic mass is 9.96. The summed E-state index contributed by atoms with van der Waals surface area (Å²) in [6.45, 7) is 15.4. The SMILES string of the molecule is CC(C)(C)N(CCCN)C(C)(C)C. The molecular formula is C11H26N2. The molecule has 0 heterocycles. The fraction of sp³-hybridized carbons (Fsp3) is 1.00. The molecule has 2 heteroatoms. The summed E-state index contributed by atoms with van der Waals surface area (Å²) in [5, 5.41) is 0. The molecule has 0 rings (SSSR count). The molecule has 0 atom stereocenters. The molecular weight excluding hydrogens is 160 g/mol. The molecule has 0 aromatic heterocycles. The van der Waals surface area contributed by atoms with Crippen LogP contribution in [0.15, 0.2) is 0 Å². The Balaban J connectivity index is 4.39. The van der Waals surface area contributed by atoms with Crippen LogP contribution in [-0.2, 0) is 0 Å². The molecule has 0 fully saturated rings. The van der Waals surface area contributed by atoms with Crippen molar-refractivity contribution in [2.45, 2.75) is 59.0 Å². The molecule has 0 unspecified atom stereocenters. The summed E-state index contributed by atoms with van der Waals surface area (Å²) in [5.41, 5.74) is 6.00. The highest BCUT2D eigenvalue weighted by molar-refractivity contribution is 4.86. The van der Waals surface area contributed by atoms with Crippen LogP contribution in [0.25, 0.3) is 0 Å². The van der Waals surface area contributed by atoms with Crippen molar-refractivity contribution in [3.63, 3.8) is 0 Å². The molecule has 80 valence electrons. The standard InChI is InChI=1S/C11H26N2/c1-10(2,3)13(9-7-8-12)11(4,5)6/h7-9,12H2,1-6H3. The van der Waals surface area contributed by atoms with Crippen LogP contribution in [0.2, 0.25) is 0 Å². The zero-order valence-electron chi connectivity index (χ0n) is 10.1. The molecule has 2 nitrogen and oxygen atoms in total. The monoisotopic (exact) mass is 186 g/mol. The Morgan fingerprint density at radius 2 is 1.31 bits per heavy atom. The number of nitrogens with zero attached hydrogens (tertiary/aromatic N) is 1. The van der Waals surface area contributed by atoms with Gasteiger partial charge in [0.25, 0.3) is 0 Å². The van der Waals surface area contributed by atoms with Crippen molar-refractivity contribution in [1.29, 1.82) is 0 Å². The van der Waals surface area contributed by atoms with Gasteiger partial charge < -0.3 is 5.73 Å². The van der Waals surface area contributed by atoms with Crippen molar-refractivity contribution < 1.29 is 0 Å². The van der Waals surface area contributed by atoms with Gasteiger partial charge in [-0.3, -0.25) is 4.90 Å². The highest BCUT2D eigenvalue weighted by atomic mass is 15.2. The van der Waals surface area contributed by atoms with Gasteiger partial charge in [0.15, 0.2) is 0 Å². The van der Waals surface area contributed by atoms with Crippen LogP contribution in [0.1, 0.15) is 48.0 Å². The van der Waals surface area contributed by atoms with E-state index in [4.69, 9.17) is 5.73 Å². The van der Waals surface area contributed by atoms with Crippen molar-refractivity contribution in [3.05, 3.63) is 0 Å². The lowest BCUT2D eigenvalue weighted by molar-refractivity contribution is 0.0381. The van der Waals surface area contributed by atoms with Crippen LogP contribution >= 0.6 is 0 Å². The van der Waals surface area contributed by atoms with E-state index in [2.05, 4.69) is 46.4 Å². The molecule has 0 aliphatic heterocycles. The average molecular weight is 186 g/mol. The third-order valence-electron chi connectivity index (χ3n) is 2.21. The summed E-state index contributed by atoms with van der Waals surface area (Å²) in [6, 6.07) is 0. The molecule has 0 aromatic carbocycles. The molecule has 0 amide bonds. The van der Waals surface area contributed by atoms with Gasteiger partial charge in [0.1, 0.15) is 0 Å². The first-order valence-corrected chi connectivity index (χ1v) is 5.17. The van der Waals surface area contributed by atoms with E-state index in [1.807, 2.05) is 0 Å². The topological polar surface area (TPSA) is 29.3 Å². The largest absolute Gasteiger partial charge is 0.330 e. The lowest BCUT2D eigenvalue weighted by Gasteiger charge is -2.45. The Morgan fingerprint density at radius 3 is 1.54 bits per heavy atom. The predicted molar refractivity (Wildman–Crippen MR) is 59.9 cm³/mol. The van der Waals surface area contributed by atoms with Crippen molar-refractivity contribution in [1.82, 2.24) is 4.90 Å². The van der Waals surface area contributed by atoms with Crippen LogP contribution in [0.5, 0.6) is 0 Å². The Morgan fingerprint density at radius 1 is 0.923 bits per heavy atom. The molecule has 0 saturated heterocycles. The van der Waals surface area contributed by atoms with Gasteiger partial charge in [-0.1, -0.05) is 0 Å². The number of hydrogen-bond donors (Lipinski definition) is 1. The molecule has 0 aromatic rings. The maximum absolute atomic E-state index is 5.54. The second-order valence-corrected chi connectivity index (χ2v) is 5.64.